The number of nitrogens with one attached hydrogen (secondary N) is 1. The summed E-state index contributed by atoms with van der Waals surface area (Å²) < 4.78 is 20.7. The molecule has 1 heterocycles. The van der Waals surface area contributed by atoms with Crippen molar-refractivity contribution in [3.8, 4) is 5.75 Å². The number of carbonyl (C=O) groups is 2. The number of carbonyl (C=O) groups excluding carboxylic acids is 2. The van der Waals surface area contributed by atoms with E-state index >= 15 is 0 Å². The Kier molecular flexibility index (Phi) is 6.27. The maximum atomic E-state index is 12.0. The Hall–Kier alpha value is -3.10. The standard InChI is InChI=1S/C19H25N3O6/c1-18(2,3)27-17(24)21-19(4,5)16-20-14(28-22-16)11-26-13-9-7-8-12(10-13)15(23)25-6/h7-10H,11H2,1-6H3,(H,21,24). The van der Waals surface area contributed by atoms with Crippen molar-refractivity contribution in [1.29, 1.82) is 0 Å². The maximum Gasteiger partial charge on any atom is 0.408 e. The highest BCUT2D eigenvalue weighted by molar-refractivity contribution is 5.89. The number of ether oxygens (including phenoxy) is 3. The van der Waals surface area contributed by atoms with E-state index in [1.807, 2.05) is 0 Å². The summed E-state index contributed by atoms with van der Waals surface area (Å²) in [7, 11) is 1.31. The van der Waals surface area contributed by atoms with Crippen molar-refractivity contribution in [2.24, 2.45) is 0 Å². The van der Waals surface area contributed by atoms with Crippen molar-refractivity contribution in [3.05, 3.63) is 41.5 Å². The van der Waals surface area contributed by atoms with Gasteiger partial charge in [0.1, 0.15) is 16.9 Å². The third kappa shape index (κ3) is 5.97. The van der Waals surface area contributed by atoms with E-state index in [9.17, 15) is 9.59 Å². The molecule has 9 nitrogen and oxygen atoms in total. The van der Waals surface area contributed by atoms with Gasteiger partial charge in [-0.15, -0.1) is 0 Å². The molecule has 1 aromatic carbocycles. The first-order valence-corrected chi connectivity index (χ1v) is 8.65. The van der Waals surface area contributed by atoms with Gasteiger partial charge in [0, 0.05) is 0 Å². The van der Waals surface area contributed by atoms with Crippen LogP contribution < -0.4 is 10.1 Å². The predicted octanol–water partition coefficient (Wildman–Crippen LogP) is 3.20. The minimum absolute atomic E-state index is 0.000142. The van der Waals surface area contributed by atoms with Gasteiger partial charge in [-0.1, -0.05) is 11.2 Å². The Morgan fingerprint density at radius 3 is 2.54 bits per heavy atom. The summed E-state index contributed by atoms with van der Waals surface area (Å²) in [6, 6.07) is 6.54. The molecule has 0 unspecified atom stereocenters. The van der Waals surface area contributed by atoms with E-state index in [1.165, 1.54) is 7.11 Å². The molecule has 1 amide bonds. The average molecular weight is 391 g/mol. The third-order valence-corrected chi connectivity index (χ3v) is 3.46. The van der Waals surface area contributed by atoms with Crippen LogP contribution in [0.15, 0.2) is 28.8 Å². The number of benzene rings is 1. The van der Waals surface area contributed by atoms with E-state index < -0.39 is 23.2 Å². The van der Waals surface area contributed by atoms with Crippen LogP contribution in [0.5, 0.6) is 5.75 Å². The van der Waals surface area contributed by atoms with Gasteiger partial charge in [0.15, 0.2) is 12.4 Å². The molecule has 152 valence electrons. The molecule has 0 saturated carbocycles. The van der Waals surface area contributed by atoms with Crippen molar-refractivity contribution in [2.75, 3.05) is 7.11 Å². The minimum Gasteiger partial charge on any atom is -0.484 e. The Morgan fingerprint density at radius 1 is 1.18 bits per heavy atom. The first kappa shape index (κ1) is 21.2. The molecule has 0 atom stereocenters. The van der Waals surface area contributed by atoms with Gasteiger partial charge >= 0.3 is 12.1 Å². The summed E-state index contributed by atoms with van der Waals surface area (Å²) in [5.74, 6) is 0.493. The smallest absolute Gasteiger partial charge is 0.408 e. The molecule has 0 spiro atoms. The minimum atomic E-state index is -0.908. The van der Waals surface area contributed by atoms with Crippen molar-refractivity contribution in [2.45, 2.75) is 52.4 Å². The van der Waals surface area contributed by atoms with Gasteiger partial charge in [0.2, 0.25) is 0 Å². The monoisotopic (exact) mass is 391 g/mol. The largest absolute Gasteiger partial charge is 0.484 e. The lowest BCUT2D eigenvalue weighted by atomic mass is 10.1. The molecule has 0 aliphatic heterocycles. The molecule has 0 bridgehead atoms. The zero-order chi connectivity index (χ0) is 20.9. The fraction of sp³-hybridized carbons (Fsp3) is 0.474. The topological polar surface area (TPSA) is 113 Å². The van der Waals surface area contributed by atoms with Crippen LogP contribution in [-0.4, -0.2) is 34.9 Å². The number of esters is 1. The highest BCUT2D eigenvalue weighted by atomic mass is 16.6. The van der Waals surface area contributed by atoms with Crippen molar-refractivity contribution >= 4 is 12.1 Å². The molecule has 0 fully saturated rings. The van der Waals surface area contributed by atoms with E-state index in [0.29, 0.717) is 11.3 Å². The van der Waals surface area contributed by atoms with Crippen molar-refractivity contribution in [1.82, 2.24) is 15.5 Å². The summed E-state index contributed by atoms with van der Waals surface area (Å²) >= 11 is 0. The van der Waals surface area contributed by atoms with E-state index in [1.54, 1.807) is 58.9 Å². The van der Waals surface area contributed by atoms with Gasteiger partial charge < -0.3 is 24.1 Å². The lowest BCUT2D eigenvalue weighted by Gasteiger charge is -2.26. The van der Waals surface area contributed by atoms with Crippen LogP contribution in [-0.2, 0) is 21.6 Å². The summed E-state index contributed by atoms with van der Waals surface area (Å²) in [6.45, 7) is 8.79. The van der Waals surface area contributed by atoms with Crippen molar-refractivity contribution < 1.29 is 28.3 Å². The second-order valence-corrected chi connectivity index (χ2v) is 7.57. The normalized spacial score (nSPS) is 11.6. The molecule has 0 aliphatic rings. The molecule has 0 radical (unpaired) electrons. The molecule has 2 aromatic rings. The summed E-state index contributed by atoms with van der Waals surface area (Å²) in [6.07, 6.45) is -0.584. The number of rotatable bonds is 6. The van der Waals surface area contributed by atoms with Crippen LogP contribution in [0.4, 0.5) is 4.79 Å². The Morgan fingerprint density at radius 2 is 1.89 bits per heavy atom. The number of amides is 1. The Bertz CT molecular complexity index is 838. The first-order chi connectivity index (χ1) is 13.0. The number of hydrogen-bond donors (Lipinski definition) is 1. The van der Waals surface area contributed by atoms with E-state index in [2.05, 4.69) is 20.2 Å². The fourth-order valence-corrected chi connectivity index (χ4v) is 2.16. The molecule has 1 aromatic heterocycles. The summed E-state index contributed by atoms with van der Waals surface area (Å²) in [4.78, 5) is 27.8. The molecule has 28 heavy (non-hydrogen) atoms. The quantitative estimate of drug-likeness (QED) is 0.747. The predicted molar refractivity (Wildman–Crippen MR) is 98.8 cm³/mol. The van der Waals surface area contributed by atoms with Gasteiger partial charge in [0.25, 0.3) is 5.89 Å². The highest BCUT2D eigenvalue weighted by Crippen LogP contribution is 2.20. The highest BCUT2D eigenvalue weighted by Gasteiger charge is 2.31. The van der Waals surface area contributed by atoms with Gasteiger partial charge in [-0.25, -0.2) is 9.59 Å². The van der Waals surface area contributed by atoms with E-state index in [0.717, 1.165) is 0 Å². The van der Waals surface area contributed by atoms with Gasteiger partial charge in [0.05, 0.1) is 12.7 Å². The van der Waals surface area contributed by atoms with Gasteiger partial charge in [-0.3, -0.25) is 0 Å². The first-order valence-electron chi connectivity index (χ1n) is 8.65. The van der Waals surface area contributed by atoms with Gasteiger partial charge in [-0.2, -0.15) is 4.98 Å². The lowest BCUT2D eigenvalue weighted by molar-refractivity contribution is 0.0464. The lowest BCUT2D eigenvalue weighted by Crippen LogP contribution is -2.44. The van der Waals surface area contributed by atoms with Crippen LogP contribution in [0.1, 0.15) is 56.7 Å². The number of aromatic nitrogens is 2. The average Bonchev–Trinajstić information content (AvgIpc) is 3.07. The second kappa shape index (κ2) is 8.28. The Balaban J connectivity index is 2.00. The van der Waals surface area contributed by atoms with Gasteiger partial charge in [-0.05, 0) is 52.8 Å². The number of methoxy groups -OCH3 is 1. The number of alkyl carbamates (subject to hydrolysis) is 1. The molecule has 2 rings (SSSR count). The second-order valence-electron chi connectivity index (χ2n) is 7.57. The molecular weight excluding hydrogens is 366 g/mol. The number of nitrogens with zero attached hydrogens (tertiary/aromatic N) is 2. The van der Waals surface area contributed by atoms with E-state index in [4.69, 9.17) is 14.0 Å². The van der Waals surface area contributed by atoms with Crippen molar-refractivity contribution in [3.63, 3.8) is 0 Å². The van der Waals surface area contributed by atoms with Crippen LogP contribution in [0.3, 0.4) is 0 Å². The molecule has 1 N–H and O–H groups in total. The SMILES string of the molecule is COC(=O)c1cccc(OCc2nc(C(C)(C)NC(=O)OC(C)(C)C)no2)c1. The van der Waals surface area contributed by atoms with Crippen LogP contribution >= 0.6 is 0 Å². The third-order valence-electron chi connectivity index (χ3n) is 3.46. The zero-order valence-electron chi connectivity index (χ0n) is 16.9. The number of hydrogen-bond acceptors (Lipinski definition) is 8. The van der Waals surface area contributed by atoms with Crippen LogP contribution in [0.2, 0.25) is 0 Å². The Labute approximate surface area is 163 Å². The zero-order valence-corrected chi connectivity index (χ0v) is 16.9. The van der Waals surface area contributed by atoms with E-state index in [-0.39, 0.29) is 18.3 Å². The fourth-order valence-electron chi connectivity index (χ4n) is 2.16. The summed E-state index contributed by atoms with van der Waals surface area (Å²) in [5.41, 5.74) is -1.15. The molecule has 0 saturated heterocycles. The van der Waals surface area contributed by atoms with Crippen LogP contribution in [0, 0.1) is 0 Å². The molecule has 0 aliphatic carbocycles. The molecule has 9 heteroatoms. The summed E-state index contributed by atoms with van der Waals surface area (Å²) in [5, 5.41) is 6.60. The van der Waals surface area contributed by atoms with Crippen LogP contribution in [0.25, 0.3) is 0 Å². The molecular formula is C19H25N3O6. The maximum absolute atomic E-state index is 12.0.